The van der Waals surface area contributed by atoms with Crippen molar-refractivity contribution in [1.82, 2.24) is 4.57 Å². The van der Waals surface area contributed by atoms with Crippen molar-refractivity contribution >= 4 is 43.0 Å². The second-order valence-corrected chi connectivity index (χ2v) is 8.95. The number of amides is 1. The molecule has 0 bridgehead atoms. The first-order valence-electron chi connectivity index (χ1n) is 7.81. The van der Waals surface area contributed by atoms with Gasteiger partial charge in [-0.15, -0.1) is 0 Å². The number of rotatable bonds is 5. The molecule has 3 aromatic rings. The van der Waals surface area contributed by atoms with Crippen molar-refractivity contribution in [3.63, 3.8) is 0 Å². The van der Waals surface area contributed by atoms with Crippen molar-refractivity contribution in [1.29, 1.82) is 0 Å². The molecular formula is C17H15N3O5S2. The third-order valence-corrected chi connectivity index (χ3v) is 6.35. The Labute approximate surface area is 158 Å². The number of fused-ring (bicyclic) bond motifs is 1. The zero-order chi connectivity index (χ0) is 19.6. The maximum atomic E-state index is 12.2. The lowest BCUT2D eigenvalue weighted by atomic mass is 10.2. The Bertz CT molecular complexity index is 1190. The lowest BCUT2D eigenvalue weighted by Crippen LogP contribution is -2.20. The molecule has 2 aromatic carbocycles. The van der Waals surface area contributed by atoms with Gasteiger partial charge in [0, 0.05) is 19.2 Å². The maximum absolute atomic E-state index is 12.2. The fourth-order valence-corrected chi connectivity index (χ4v) is 4.86. The number of thiazole rings is 1. The molecule has 0 N–H and O–H groups in total. The molecule has 1 heterocycles. The summed E-state index contributed by atoms with van der Waals surface area (Å²) in [5.74, 6) is -1.71. The molecule has 0 radical (unpaired) electrons. The predicted octanol–water partition coefficient (Wildman–Crippen LogP) is 2.19. The molecule has 0 saturated carbocycles. The molecule has 140 valence electrons. The van der Waals surface area contributed by atoms with E-state index in [2.05, 4.69) is 4.99 Å². The van der Waals surface area contributed by atoms with Crippen molar-refractivity contribution in [2.45, 2.75) is 5.75 Å². The summed E-state index contributed by atoms with van der Waals surface area (Å²) in [5, 5.41) is 10.9. The van der Waals surface area contributed by atoms with Crippen LogP contribution in [0.5, 0.6) is 0 Å². The Balaban J connectivity index is 1.86. The van der Waals surface area contributed by atoms with Gasteiger partial charge in [0.15, 0.2) is 14.6 Å². The number of hydrogen-bond acceptors (Lipinski definition) is 6. The van der Waals surface area contributed by atoms with Gasteiger partial charge in [0.1, 0.15) is 5.75 Å². The Morgan fingerprint density at radius 3 is 2.59 bits per heavy atom. The predicted molar refractivity (Wildman–Crippen MR) is 102 cm³/mol. The molecule has 1 amide bonds. The average molecular weight is 405 g/mol. The van der Waals surface area contributed by atoms with Crippen molar-refractivity contribution in [2.24, 2.45) is 12.0 Å². The van der Waals surface area contributed by atoms with E-state index in [9.17, 15) is 23.3 Å². The van der Waals surface area contributed by atoms with Crippen LogP contribution in [0.3, 0.4) is 0 Å². The quantitative estimate of drug-likeness (QED) is 0.477. The van der Waals surface area contributed by atoms with Gasteiger partial charge in [0.25, 0.3) is 11.6 Å². The number of hydrogen-bond donors (Lipinski definition) is 0. The van der Waals surface area contributed by atoms with Gasteiger partial charge in [-0.3, -0.25) is 14.9 Å². The standard InChI is InChI=1S/C17H15N3O5S2/c1-19-14-8-7-13(20(22)23)9-15(14)26-17(19)18-16(21)11-27(24,25)10-12-5-3-2-4-6-12/h2-9H,10-11H2,1H3. The van der Waals surface area contributed by atoms with Gasteiger partial charge in [0.05, 0.1) is 20.9 Å². The lowest BCUT2D eigenvalue weighted by Gasteiger charge is -2.01. The summed E-state index contributed by atoms with van der Waals surface area (Å²) in [6.07, 6.45) is 0. The monoisotopic (exact) mass is 405 g/mol. The van der Waals surface area contributed by atoms with Crippen LogP contribution in [0.25, 0.3) is 10.2 Å². The van der Waals surface area contributed by atoms with Crippen molar-refractivity contribution in [3.8, 4) is 0 Å². The molecule has 0 saturated heterocycles. The minimum Gasteiger partial charge on any atom is -0.319 e. The Morgan fingerprint density at radius 2 is 1.93 bits per heavy atom. The van der Waals surface area contributed by atoms with E-state index in [0.29, 0.717) is 15.8 Å². The van der Waals surface area contributed by atoms with E-state index in [4.69, 9.17) is 0 Å². The summed E-state index contributed by atoms with van der Waals surface area (Å²) in [6, 6.07) is 12.9. The molecule has 3 rings (SSSR count). The van der Waals surface area contributed by atoms with Crippen LogP contribution in [-0.4, -0.2) is 29.6 Å². The van der Waals surface area contributed by atoms with Gasteiger partial charge in [0.2, 0.25) is 0 Å². The van der Waals surface area contributed by atoms with Gasteiger partial charge in [-0.05, 0) is 11.6 Å². The molecule has 0 spiro atoms. The summed E-state index contributed by atoms with van der Waals surface area (Å²) in [4.78, 5) is 26.7. The molecule has 0 aliphatic rings. The summed E-state index contributed by atoms with van der Waals surface area (Å²) in [5.41, 5.74) is 1.21. The number of non-ortho nitro benzene ring substituents is 1. The second-order valence-electron chi connectivity index (χ2n) is 5.88. The number of nitro benzene ring substituents is 1. The van der Waals surface area contributed by atoms with Crippen LogP contribution in [0, 0.1) is 10.1 Å². The van der Waals surface area contributed by atoms with Gasteiger partial charge in [-0.1, -0.05) is 41.7 Å². The molecule has 1 aromatic heterocycles. The third-order valence-electron chi connectivity index (χ3n) is 3.80. The van der Waals surface area contributed by atoms with Crippen LogP contribution in [-0.2, 0) is 27.4 Å². The van der Waals surface area contributed by atoms with E-state index >= 15 is 0 Å². The SMILES string of the molecule is Cn1c(=NC(=O)CS(=O)(=O)Cc2ccccc2)sc2cc([N+](=O)[O-])ccc21. The van der Waals surface area contributed by atoms with E-state index in [1.807, 2.05) is 0 Å². The first-order chi connectivity index (χ1) is 12.7. The highest BCUT2D eigenvalue weighted by Gasteiger charge is 2.18. The second kappa shape index (κ2) is 7.41. The number of sulfone groups is 1. The molecular weight excluding hydrogens is 390 g/mol. The Kier molecular flexibility index (Phi) is 5.19. The minimum atomic E-state index is -3.65. The highest BCUT2D eigenvalue weighted by atomic mass is 32.2. The van der Waals surface area contributed by atoms with Gasteiger partial charge in [-0.25, -0.2) is 8.42 Å². The molecule has 27 heavy (non-hydrogen) atoms. The number of aryl methyl sites for hydroxylation is 1. The molecule has 10 heteroatoms. The number of nitrogens with zero attached hydrogens (tertiary/aromatic N) is 3. The van der Waals surface area contributed by atoms with E-state index in [1.54, 1.807) is 48.0 Å². The van der Waals surface area contributed by atoms with Crippen LogP contribution in [0.2, 0.25) is 0 Å². The van der Waals surface area contributed by atoms with Gasteiger partial charge >= 0.3 is 0 Å². The highest BCUT2D eigenvalue weighted by Crippen LogP contribution is 2.22. The smallest absolute Gasteiger partial charge is 0.270 e. The number of carbonyl (C=O) groups is 1. The van der Waals surface area contributed by atoms with Crippen LogP contribution in [0.15, 0.2) is 53.5 Å². The topological polar surface area (TPSA) is 112 Å². The lowest BCUT2D eigenvalue weighted by molar-refractivity contribution is -0.384. The molecule has 0 aliphatic carbocycles. The molecule has 0 unspecified atom stereocenters. The van der Waals surface area contributed by atoms with E-state index in [1.165, 1.54) is 12.1 Å². The summed E-state index contributed by atoms with van der Waals surface area (Å²) < 4.78 is 26.6. The Hall–Kier alpha value is -2.85. The first kappa shape index (κ1) is 18.9. The van der Waals surface area contributed by atoms with E-state index in [0.717, 1.165) is 11.3 Å². The van der Waals surface area contributed by atoms with E-state index < -0.39 is 26.4 Å². The molecule has 0 aliphatic heterocycles. The number of benzene rings is 2. The van der Waals surface area contributed by atoms with E-state index in [-0.39, 0.29) is 16.2 Å². The number of nitro groups is 1. The first-order valence-corrected chi connectivity index (χ1v) is 10.4. The maximum Gasteiger partial charge on any atom is 0.270 e. The summed E-state index contributed by atoms with van der Waals surface area (Å²) in [7, 11) is -1.99. The number of aromatic nitrogens is 1. The Morgan fingerprint density at radius 1 is 1.22 bits per heavy atom. The normalized spacial score (nSPS) is 12.4. The van der Waals surface area contributed by atoms with Crippen LogP contribution in [0.4, 0.5) is 5.69 Å². The highest BCUT2D eigenvalue weighted by molar-refractivity contribution is 7.91. The fraction of sp³-hybridized carbons (Fsp3) is 0.176. The average Bonchev–Trinajstić information content (AvgIpc) is 2.89. The van der Waals surface area contributed by atoms with Crippen LogP contribution in [0.1, 0.15) is 5.56 Å². The zero-order valence-corrected chi connectivity index (χ0v) is 15.9. The van der Waals surface area contributed by atoms with Crippen LogP contribution >= 0.6 is 11.3 Å². The molecule has 0 atom stereocenters. The minimum absolute atomic E-state index is 0.0623. The largest absolute Gasteiger partial charge is 0.319 e. The fourth-order valence-electron chi connectivity index (χ4n) is 2.55. The van der Waals surface area contributed by atoms with Crippen LogP contribution < -0.4 is 4.80 Å². The summed E-state index contributed by atoms with van der Waals surface area (Å²) >= 11 is 1.09. The molecule has 0 fully saturated rings. The van der Waals surface area contributed by atoms with Crippen molar-refractivity contribution in [3.05, 3.63) is 69.0 Å². The van der Waals surface area contributed by atoms with Crippen molar-refractivity contribution in [2.75, 3.05) is 5.75 Å². The third kappa shape index (κ3) is 4.47. The molecule has 8 nitrogen and oxygen atoms in total. The summed E-state index contributed by atoms with van der Waals surface area (Å²) in [6.45, 7) is 0. The van der Waals surface area contributed by atoms with Gasteiger partial charge < -0.3 is 4.57 Å². The van der Waals surface area contributed by atoms with Gasteiger partial charge in [-0.2, -0.15) is 4.99 Å². The zero-order valence-electron chi connectivity index (χ0n) is 14.2. The number of carbonyl (C=O) groups excluding carboxylic acids is 1. The van der Waals surface area contributed by atoms with Crippen molar-refractivity contribution < 1.29 is 18.1 Å².